The Labute approximate surface area is 168 Å². The molecule has 1 aliphatic heterocycles. The number of likely N-dealkylation sites (tertiary alicyclic amines) is 1. The van der Waals surface area contributed by atoms with Gasteiger partial charge in [-0.25, -0.2) is 4.79 Å². The van der Waals surface area contributed by atoms with E-state index in [0.717, 1.165) is 16.5 Å². The van der Waals surface area contributed by atoms with Crippen molar-refractivity contribution in [1.29, 1.82) is 0 Å². The van der Waals surface area contributed by atoms with Crippen molar-refractivity contribution < 1.29 is 24.2 Å². The van der Waals surface area contributed by atoms with Gasteiger partial charge in [0.2, 0.25) is 5.91 Å². The van der Waals surface area contributed by atoms with Crippen LogP contribution in [0.1, 0.15) is 25.3 Å². The quantitative estimate of drug-likeness (QED) is 0.677. The Balaban J connectivity index is 1.78. The molecular weight excluding hydrogens is 374 g/mol. The van der Waals surface area contributed by atoms with Crippen LogP contribution in [-0.4, -0.2) is 64.6 Å². The molecule has 0 radical (unpaired) electrons. The van der Waals surface area contributed by atoms with Crippen molar-refractivity contribution in [2.75, 3.05) is 13.7 Å². The van der Waals surface area contributed by atoms with Crippen molar-refractivity contribution in [3.05, 3.63) is 42.1 Å². The third-order valence-corrected chi connectivity index (χ3v) is 5.27. The minimum atomic E-state index is -1.01. The fourth-order valence-electron chi connectivity index (χ4n) is 3.81. The molecule has 1 unspecified atom stereocenters. The Morgan fingerprint density at radius 1 is 1.31 bits per heavy atom. The standard InChI is InChI=1S/C21H25N3O5/c1-13(19(25)24-11-5-9-17(24)20(26)27)23-16(21(28)29-2)12-15-7-3-6-14-8-4-10-22-18(14)15/h3-4,6-8,10,13,16-17,23H,5,9,11-12H2,1-2H3,(H,26,27)/t13-,16?,17-/m0/s1. The lowest BCUT2D eigenvalue weighted by Crippen LogP contribution is -2.53. The van der Waals surface area contributed by atoms with E-state index >= 15 is 0 Å². The van der Waals surface area contributed by atoms with Crippen LogP contribution in [0.25, 0.3) is 10.9 Å². The Morgan fingerprint density at radius 3 is 2.79 bits per heavy atom. The third kappa shape index (κ3) is 4.54. The number of hydrogen-bond acceptors (Lipinski definition) is 6. The van der Waals surface area contributed by atoms with Crippen LogP contribution in [-0.2, 0) is 25.5 Å². The van der Waals surface area contributed by atoms with Crippen molar-refractivity contribution in [1.82, 2.24) is 15.2 Å². The molecule has 2 aromatic rings. The van der Waals surface area contributed by atoms with Crippen LogP contribution in [0, 0.1) is 0 Å². The highest BCUT2D eigenvalue weighted by molar-refractivity contribution is 5.88. The van der Waals surface area contributed by atoms with Gasteiger partial charge in [0.05, 0.1) is 18.7 Å². The first-order valence-electron chi connectivity index (χ1n) is 9.62. The van der Waals surface area contributed by atoms with Gasteiger partial charge < -0.3 is 14.7 Å². The minimum Gasteiger partial charge on any atom is -0.480 e. The molecule has 1 aromatic heterocycles. The van der Waals surface area contributed by atoms with Crippen LogP contribution in [0.2, 0.25) is 0 Å². The number of para-hydroxylation sites is 1. The molecule has 0 saturated carbocycles. The van der Waals surface area contributed by atoms with Crippen molar-refractivity contribution in [3.8, 4) is 0 Å². The number of rotatable bonds is 7. The molecule has 3 atom stereocenters. The summed E-state index contributed by atoms with van der Waals surface area (Å²) in [5, 5.41) is 13.3. The van der Waals surface area contributed by atoms with E-state index in [9.17, 15) is 19.5 Å². The molecule has 1 aliphatic rings. The van der Waals surface area contributed by atoms with E-state index < -0.39 is 30.1 Å². The van der Waals surface area contributed by atoms with E-state index in [1.54, 1.807) is 13.1 Å². The SMILES string of the molecule is COC(=O)C(Cc1cccc2cccnc12)N[C@@H](C)C(=O)N1CCC[C@H]1C(=O)O. The van der Waals surface area contributed by atoms with Crippen LogP contribution in [0.3, 0.4) is 0 Å². The van der Waals surface area contributed by atoms with E-state index in [1.165, 1.54) is 12.0 Å². The number of amides is 1. The zero-order valence-corrected chi connectivity index (χ0v) is 16.5. The van der Waals surface area contributed by atoms with E-state index in [-0.39, 0.29) is 5.91 Å². The van der Waals surface area contributed by atoms with Crippen molar-refractivity contribution in [2.24, 2.45) is 0 Å². The molecule has 8 heteroatoms. The van der Waals surface area contributed by atoms with Crippen molar-refractivity contribution in [2.45, 2.75) is 44.3 Å². The van der Waals surface area contributed by atoms with Gasteiger partial charge >= 0.3 is 11.9 Å². The molecule has 2 N–H and O–H groups in total. The van der Waals surface area contributed by atoms with Crippen LogP contribution < -0.4 is 5.32 Å². The summed E-state index contributed by atoms with van der Waals surface area (Å²) < 4.78 is 4.92. The Bertz CT molecular complexity index is 911. The Morgan fingerprint density at radius 2 is 2.07 bits per heavy atom. The number of fused-ring (bicyclic) bond motifs is 1. The predicted octanol–water partition coefficient (Wildman–Crippen LogP) is 1.37. The van der Waals surface area contributed by atoms with Gasteiger partial charge in [0.15, 0.2) is 0 Å². The highest BCUT2D eigenvalue weighted by atomic mass is 16.5. The number of pyridine rings is 1. The number of carbonyl (C=O) groups excluding carboxylic acids is 2. The fraction of sp³-hybridized carbons (Fsp3) is 0.429. The van der Waals surface area contributed by atoms with E-state index in [2.05, 4.69) is 10.3 Å². The molecule has 1 amide bonds. The number of benzene rings is 1. The highest BCUT2D eigenvalue weighted by Crippen LogP contribution is 2.20. The average molecular weight is 399 g/mol. The molecule has 1 fully saturated rings. The Kier molecular flexibility index (Phi) is 6.43. The number of methoxy groups -OCH3 is 1. The number of aromatic nitrogens is 1. The second-order valence-corrected chi connectivity index (χ2v) is 7.19. The topological polar surface area (TPSA) is 109 Å². The highest BCUT2D eigenvalue weighted by Gasteiger charge is 2.37. The normalized spacial score (nSPS) is 18.4. The van der Waals surface area contributed by atoms with E-state index in [0.29, 0.717) is 25.8 Å². The molecule has 0 bridgehead atoms. The summed E-state index contributed by atoms with van der Waals surface area (Å²) in [5.41, 5.74) is 1.64. The first kappa shape index (κ1) is 20.7. The molecule has 2 heterocycles. The summed E-state index contributed by atoms with van der Waals surface area (Å²) in [4.78, 5) is 42.3. The maximum absolute atomic E-state index is 12.8. The minimum absolute atomic E-state index is 0.293. The molecule has 1 aromatic carbocycles. The average Bonchev–Trinajstić information content (AvgIpc) is 3.22. The maximum atomic E-state index is 12.8. The number of carboxylic acids is 1. The molecule has 154 valence electrons. The lowest BCUT2D eigenvalue weighted by molar-refractivity contribution is -0.149. The van der Waals surface area contributed by atoms with Gasteiger partial charge in [-0.1, -0.05) is 24.3 Å². The molecule has 29 heavy (non-hydrogen) atoms. The Hall–Kier alpha value is -3.00. The van der Waals surface area contributed by atoms with Crippen LogP contribution >= 0.6 is 0 Å². The number of aliphatic carboxylic acids is 1. The summed E-state index contributed by atoms with van der Waals surface area (Å²) in [6.45, 7) is 2.04. The molecule has 3 rings (SSSR count). The lowest BCUT2D eigenvalue weighted by atomic mass is 10.0. The van der Waals surface area contributed by atoms with Gasteiger partial charge in [0.1, 0.15) is 12.1 Å². The number of carboxylic acid groups (broad SMARTS) is 1. The second kappa shape index (κ2) is 9.00. The van der Waals surface area contributed by atoms with Crippen LogP contribution in [0.15, 0.2) is 36.5 Å². The van der Waals surface area contributed by atoms with Crippen molar-refractivity contribution in [3.63, 3.8) is 0 Å². The van der Waals surface area contributed by atoms with E-state index in [4.69, 9.17) is 4.74 Å². The molecule has 8 nitrogen and oxygen atoms in total. The monoisotopic (exact) mass is 399 g/mol. The molecule has 0 aliphatic carbocycles. The lowest BCUT2D eigenvalue weighted by Gasteiger charge is -2.27. The zero-order chi connectivity index (χ0) is 21.0. The van der Waals surface area contributed by atoms with Gasteiger partial charge in [-0.3, -0.25) is 19.9 Å². The number of hydrogen-bond donors (Lipinski definition) is 2. The number of esters is 1. The van der Waals surface area contributed by atoms with Gasteiger partial charge in [-0.05, 0) is 31.4 Å². The maximum Gasteiger partial charge on any atom is 0.326 e. The first-order valence-corrected chi connectivity index (χ1v) is 9.62. The number of ether oxygens (including phenoxy) is 1. The fourth-order valence-corrected chi connectivity index (χ4v) is 3.81. The smallest absolute Gasteiger partial charge is 0.326 e. The van der Waals surface area contributed by atoms with Crippen molar-refractivity contribution >= 4 is 28.7 Å². The van der Waals surface area contributed by atoms with Gasteiger partial charge in [0, 0.05) is 24.5 Å². The first-order chi connectivity index (χ1) is 13.9. The summed E-state index contributed by atoms with van der Waals surface area (Å²) in [7, 11) is 1.30. The van der Waals surface area contributed by atoms with Gasteiger partial charge in [0.25, 0.3) is 0 Å². The number of nitrogens with one attached hydrogen (secondary N) is 1. The molecule has 0 spiro atoms. The largest absolute Gasteiger partial charge is 0.480 e. The molecular formula is C21H25N3O5. The summed E-state index contributed by atoms with van der Waals surface area (Å²) in [5.74, 6) is -1.83. The summed E-state index contributed by atoms with van der Waals surface area (Å²) in [6.07, 6.45) is 3.08. The zero-order valence-electron chi connectivity index (χ0n) is 16.5. The summed E-state index contributed by atoms with van der Waals surface area (Å²) in [6, 6.07) is 7.20. The molecule has 1 saturated heterocycles. The van der Waals surface area contributed by atoms with Gasteiger partial charge in [-0.15, -0.1) is 0 Å². The number of nitrogens with zero attached hydrogens (tertiary/aromatic N) is 2. The van der Waals surface area contributed by atoms with Gasteiger partial charge in [-0.2, -0.15) is 0 Å². The summed E-state index contributed by atoms with van der Waals surface area (Å²) >= 11 is 0. The van der Waals surface area contributed by atoms with Crippen LogP contribution in [0.5, 0.6) is 0 Å². The number of carbonyl (C=O) groups is 3. The second-order valence-electron chi connectivity index (χ2n) is 7.19. The van der Waals surface area contributed by atoms with E-state index in [1.807, 2.05) is 30.3 Å². The third-order valence-electron chi connectivity index (χ3n) is 5.27. The van der Waals surface area contributed by atoms with Crippen LogP contribution in [0.4, 0.5) is 0 Å². The predicted molar refractivity (Wildman–Crippen MR) is 106 cm³/mol.